The van der Waals surface area contributed by atoms with Crippen LogP contribution >= 0.6 is 11.3 Å². The highest BCUT2D eigenvalue weighted by Crippen LogP contribution is 2.35. The van der Waals surface area contributed by atoms with Crippen LogP contribution in [0.1, 0.15) is 15.2 Å². The molecule has 0 spiro atoms. The summed E-state index contributed by atoms with van der Waals surface area (Å²) in [5.74, 6) is -0.198. The lowest BCUT2D eigenvalue weighted by atomic mass is 10.1. The Balaban J connectivity index is 1.99. The van der Waals surface area contributed by atoms with E-state index in [1.807, 2.05) is 25.1 Å². The number of thiophene rings is 1. The second-order valence-corrected chi connectivity index (χ2v) is 5.67. The molecule has 0 aliphatic heterocycles. The van der Waals surface area contributed by atoms with Gasteiger partial charge in [-0.1, -0.05) is 18.2 Å². The average molecular weight is 286 g/mol. The maximum atomic E-state index is 12.3. The SMILES string of the molecule is Cc1cccc2c(N)c(C(=O)Nc3cnn(C)c3)sc12. The summed E-state index contributed by atoms with van der Waals surface area (Å²) in [6, 6.07) is 5.90. The highest BCUT2D eigenvalue weighted by molar-refractivity contribution is 7.21. The van der Waals surface area contributed by atoms with Gasteiger partial charge in [0.05, 0.1) is 17.6 Å². The number of carbonyl (C=O) groups is 1. The first-order valence-electron chi connectivity index (χ1n) is 6.14. The molecule has 0 saturated heterocycles. The molecule has 0 bridgehead atoms. The predicted molar refractivity (Wildman–Crippen MR) is 82.1 cm³/mol. The zero-order chi connectivity index (χ0) is 14.3. The Morgan fingerprint density at radius 1 is 1.45 bits per heavy atom. The fraction of sp³-hybridized carbons (Fsp3) is 0.143. The van der Waals surface area contributed by atoms with Crippen LogP contribution in [0.25, 0.3) is 10.1 Å². The lowest BCUT2D eigenvalue weighted by Crippen LogP contribution is -2.11. The number of nitrogen functional groups attached to an aromatic ring is 1. The van der Waals surface area contributed by atoms with Crippen LogP contribution < -0.4 is 11.1 Å². The molecule has 0 fully saturated rings. The zero-order valence-corrected chi connectivity index (χ0v) is 12.0. The Labute approximate surface area is 120 Å². The zero-order valence-electron chi connectivity index (χ0n) is 11.2. The maximum Gasteiger partial charge on any atom is 0.267 e. The number of benzene rings is 1. The van der Waals surface area contributed by atoms with Crippen LogP contribution in [0.5, 0.6) is 0 Å². The summed E-state index contributed by atoms with van der Waals surface area (Å²) in [7, 11) is 1.80. The number of amides is 1. The highest BCUT2D eigenvalue weighted by Gasteiger charge is 2.17. The number of nitrogens with one attached hydrogen (secondary N) is 1. The fourth-order valence-electron chi connectivity index (χ4n) is 2.12. The summed E-state index contributed by atoms with van der Waals surface area (Å²) in [5, 5.41) is 7.76. The molecule has 20 heavy (non-hydrogen) atoms. The summed E-state index contributed by atoms with van der Waals surface area (Å²) in [4.78, 5) is 12.8. The van der Waals surface area contributed by atoms with Crippen LogP contribution in [-0.4, -0.2) is 15.7 Å². The molecule has 5 nitrogen and oxygen atoms in total. The van der Waals surface area contributed by atoms with Gasteiger partial charge in [-0.2, -0.15) is 5.10 Å². The first kappa shape index (κ1) is 12.7. The first-order chi connectivity index (χ1) is 9.56. The molecule has 0 atom stereocenters. The van der Waals surface area contributed by atoms with Gasteiger partial charge in [0.2, 0.25) is 0 Å². The second kappa shape index (κ2) is 4.64. The van der Waals surface area contributed by atoms with Gasteiger partial charge in [-0.15, -0.1) is 11.3 Å². The van der Waals surface area contributed by atoms with Gasteiger partial charge in [-0.3, -0.25) is 9.48 Å². The number of hydrogen-bond acceptors (Lipinski definition) is 4. The first-order valence-corrected chi connectivity index (χ1v) is 6.95. The number of hydrogen-bond donors (Lipinski definition) is 2. The fourth-order valence-corrected chi connectivity index (χ4v) is 3.21. The van der Waals surface area contributed by atoms with E-state index in [0.717, 1.165) is 15.6 Å². The van der Waals surface area contributed by atoms with Crippen molar-refractivity contribution in [2.45, 2.75) is 6.92 Å². The highest BCUT2D eigenvalue weighted by atomic mass is 32.1. The molecule has 6 heteroatoms. The van der Waals surface area contributed by atoms with E-state index in [1.165, 1.54) is 11.3 Å². The second-order valence-electron chi connectivity index (χ2n) is 4.65. The van der Waals surface area contributed by atoms with Crippen molar-refractivity contribution in [2.75, 3.05) is 11.1 Å². The molecular weight excluding hydrogens is 272 g/mol. The Kier molecular flexibility index (Phi) is 2.94. The van der Waals surface area contributed by atoms with Gasteiger partial charge in [0.15, 0.2) is 0 Å². The molecule has 0 unspecified atom stereocenters. The van der Waals surface area contributed by atoms with Crippen molar-refractivity contribution in [1.82, 2.24) is 9.78 Å². The summed E-state index contributed by atoms with van der Waals surface area (Å²) in [5.41, 5.74) is 8.42. The molecule has 1 aromatic carbocycles. The number of nitrogens with zero attached hydrogens (tertiary/aromatic N) is 2. The molecule has 2 aromatic heterocycles. The lowest BCUT2D eigenvalue weighted by Gasteiger charge is -2.00. The van der Waals surface area contributed by atoms with Gasteiger partial charge in [0, 0.05) is 23.3 Å². The van der Waals surface area contributed by atoms with Crippen molar-refractivity contribution in [3.8, 4) is 0 Å². The predicted octanol–water partition coefficient (Wildman–Crippen LogP) is 2.78. The van der Waals surface area contributed by atoms with Gasteiger partial charge in [0.25, 0.3) is 5.91 Å². The van der Waals surface area contributed by atoms with Gasteiger partial charge in [-0.05, 0) is 12.5 Å². The summed E-state index contributed by atoms with van der Waals surface area (Å²) in [6.07, 6.45) is 3.35. The minimum atomic E-state index is -0.198. The number of rotatable bonds is 2. The molecular formula is C14H14N4OS. The number of aryl methyl sites for hydroxylation is 2. The van der Waals surface area contributed by atoms with Crippen molar-refractivity contribution in [2.24, 2.45) is 7.05 Å². The molecule has 0 aliphatic rings. The largest absolute Gasteiger partial charge is 0.397 e. The normalized spacial score (nSPS) is 10.9. The van der Waals surface area contributed by atoms with Crippen LogP contribution in [0.4, 0.5) is 11.4 Å². The summed E-state index contributed by atoms with van der Waals surface area (Å²) in [6.45, 7) is 2.01. The minimum Gasteiger partial charge on any atom is -0.397 e. The van der Waals surface area contributed by atoms with Crippen LogP contribution in [-0.2, 0) is 7.05 Å². The van der Waals surface area contributed by atoms with E-state index >= 15 is 0 Å². The van der Waals surface area contributed by atoms with Gasteiger partial charge in [0.1, 0.15) is 4.88 Å². The van der Waals surface area contributed by atoms with E-state index < -0.39 is 0 Å². The quantitative estimate of drug-likeness (QED) is 0.760. The summed E-state index contributed by atoms with van der Waals surface area (Å²) >= 11 is 1.42. The third-order valence-electron chi connectivity index (χ3n) is 3.12. The molecule has 0 radical (unpaired) electrons. The Hall–Kier alpha value is -2.34. The van der Waals surface area contributed by atoms with E-state index in [0.29, 0.717) is 16.3 Å². The van der Waals surface area contributed by atoms with E-state index in [1.54, 1.807) is 24.1 Å². The number of nitrogens with two attached hydrogens (primary N) is 1. The van der Waals surface area contributed by atoms with Crippen molar-refractivity contribution in [3.63, 3.8) is 0 Å². The maximum absolute atomic E-state index is 12.3. The van der Waals surface area contributed by atoms with Crippen LogP contribution in [0.3, 0.4) is 0 Å². The third kappa shape index (κ3) is 2.04. The van der Waals surface area contributed by atoms with Crippen molar-refractivity contribution in [3.05, 3.63) is 41.0 Å². The Morgan fingerprint density at radius 3 is 2.90 bits per heavy atom. The van der Waals surface area contributed by atoms with Crippen LogP contribution in [0.15, 0.2) is 30.6 Å². The van der Waals surface area contributed by atoms with Gasteiger partial charge >= 0.3 is 0 Å². The molecule has 0 aliphatic carbocycles. The topological polar surface area (TPSA) is 72.9 Å². The van der Waals surface area contributed by atoms with E-state index in [2.05, 4.69) is 10.4 Å². The molecule has 2 heterocycles. The van der Waals surface area contributed by atoms with Gasteiger partial charge in [-0.25, -0.2) is 0 Å². The molecule has 1 amide bonds. The van der Waals surface area contributed by atoms with Crippen molar-refractivity contribution < 1.29 is 4.79 Å². The van der Waals surface area contributed by atoms with E-state index in [9.17, 15) is 4.79 Å². The lowest BCUT2D eigenvalue weighted by molar-refractivity contribution is 0.103. The number of fused-ring (bicyclic) bond motifs is 1. The summed E-state index contributed by atoms with van der Waals surface area (Å²) < 4.78 is 2.69. The van der Waals surface area contributed by atoms with E-state index in [-0.39, 0.29) is 5.91 Å². The Bertz CT molecular complexity index is 803. The smallest absolute Gasteiger partial charge is 0.267 e. The molecule has 3 rings (SSSR count). The Morgan fingerprint density at radius 2 is 2.25 bits per heavy atom. The molecule has 0 saturated carbocycles. The van der Waals surface area contributed by atoms with E-state index in [4.69, 9.17) is 5.73 Å². The van der Waals surface area contributed by atoms with Crippen molar-refractivity contribution >= 4 is 38.7 Å². The van der Waals surface area contributed by atoms with Crippen LogP contribution in [0.2, 0.25) is 0 Å². The monoisotopic (exact) mass is 286 g/mol. The average Bonchev–Trinajstić information content (AvgIpc) is 2.95. The standard InChI is InChI=1S/C14H14N4OS/c1-8-4-3-5-10-11(15)13(20-12(8)10)14(19)17-9-6-16-18(2)7-9/h3-7H,15H2,1-2H3,(H,17,19). The van der Waals surface area contributed by atoms with Crippen molar-refractivity contribution in [1.29, 1.82) is 0 Å². The van der Waals surface area contributed by atoms with Crippen LogP contribution in [0, 0.1) is 6.92 Å². The number of anilines is 2. The third-order valence-corrected chi connectivity index (χ3v) is 4.48. The number of aromatic nitrogens is 2. The minimum absolute atomic E-state index is 0.198. The van der Waals surface area contributed by atoms with Gasteiger partial charge < -0.3 is 11.1 Å². The molecule has 102 valence electrons. The number of carbonyl (C=O) groups excluding carboxylic acids is 1. The molecule has 3 N–H and O–H groups in total. The molecule has 3 aromatic rings.